The third kappa shape index (κ3) is 5.31. The van der Waals surface area contributed by atoms with Gasteiger partial charge in [-0.3, -0.25) is 10.1 Å². The van der Waals surface area contributed by atoms with Gasteiger partial charge >= 0.3 is 6.09 Å². The van der Waals surface area contributed by atoms with Crippen molar-refractivity contribution < 1.29 is 14.3 Å². The van der Waals surface area contributed by atoms with Crippen LogP contribution >= 0.6 is 11.3 Å². The van der Waals surface area contributed by atoms with Crippen LogP contribution in [0, 0.1) is 0 Å². The molecule has 168 valence electrons. The van der Waals surface area contributed by atoms with Gasteiger partial charge in [0.05, 0.1) is 5.69 Å². The number of nitrogens with one attached hydrogen (secondary N) is 1. The standard InChI is InChI=1S/C22H26N6O3S/c1-22(2,3)31-21(30)27-10-8-15(9-11-27)18-12-24-20(32-18)26-19(29)16-4-6-17(7-5-16)28-14-23-13-25-28/h4-7,12-15H,8-11H2,1-3H3,(H,24,26,29). The average molecular weight is 455 g/mol. The number of ether oxygens (including phenoxy) is 1. The van der Waals surface area contributed by atoms with E-state index < -0.39 is 5.60 Å². The number of likely N-dealkylation sites (tertiary alicyclic amines) is 1. The Balaban J connectivity index is 1.31. The Labute approximate surface area is 190 Å². The minimum absolute atomic E-state index is 0.212. The van der Waals surface area contributed by atoms with Gasteiger partial charge in [0, 0.05) is 29.7 Å². The fraction of sp³-hybridized carbons (Fsp3) is 0.409. The van der Waals surface area contributed by atoms with Crippen molar-refractivity contribution >= 4 is 28.5 Å². The number of hydrogen-bond acceptors (Lipinski definition) is 7. The molecule has 0 unspecified atom stereocenters. The minimum atomic E-state index is -0.491. The summed E-state index contributed by atoms with van der Waals surface area (Å²) in [5.41, 5.74) is 0.875. The molecule has 0 bridgehead atoms. The van der Waals surface area contributed by atoms with E-state index in [4.69, 9.17) is 4.74 Å². The van der Waals surface area contributed by atoms with Crippen molar-refractivity contribution in [1.82, 2.24) is 24.6 Å². The highest BCUT2D eigenvalue weighted by Gasteiger charge is 2.28. The number of rotatable bonds is 4. The fourth-order valence-electron chi connectivity index (χ4n) is 3.48. The van der Waals surface area contributed by atoms with Crippen LogP contribution in [0.3, 0.4) is 0 Å². The maximum atomic E-state index is 12.6. The molecule has 10 heteroatoms. The van der Waals surface area contributed by atoms with Crippen molar-refractivity contribution in [2.24, 2.45) is 0 Å². The first-order valence-corrected chi connectivity index (χ1v) is 11.3. The second-order valence-corrected chi connectivity index (χ2v) is 9.71. The van der Waals surface area contributed by atoms with Crippen LogP contribution in [0.1, 0.15) is 54.8 Å². The molecule has 3 aromatic rings. The molecule has 2 aromatic heterocycles. The van der Waals surface area contributed by atoms with Crippen LogP contribution in [0.2, 0.25) is 0 Å². The van der Waals surface area contributed by atoms with Crippen LogP contribution in [0.15, 0.2) is 43.1 Å². The average Bonchev–Trinajstić information content (AvgIpc) is 3.45. The molecule has 0 spiro atoms. The molecule has 4 rings (SSSR count). The van der Waals surface area contributed by atoms with E-state index in [-0.39, 0.29) is 12.0 Å². The number of amides is 2. The predicted octanol–water partition coefficient (Wildman–Crippen LogP) is 4.09. The Bertz CT molecular complexity index is 1060. The summed E-state index contributed by atoms with van der Waals surface area (Å²) in [5, 5.41) is 7.52. The van der Waals surface area contributed by atoms with E-state index in [0.717, 1.165) is 23.4 Å². The molecular weight excluding hydrogens is 428 g/mol. The molecule has 1 fully saturated rings. The third-order valence-corrected chi connectivity index (χ3v) is 6.18. The topological polar surface area (TPSA) is 102 Å². The summed E-state index contributed by atoms with van der Waals surface area (Å²) < 4.78 is 7.09. The van der Waals surface area contributed by atoms with Gasteiger partial charge in [0.15, 0.2) is 5.13 Å². The van der Waals surface area contributed by atoms with Gasteiger partial charge in [-0.2, -0.15) is 5.10 Å². The summed E-state index contributed by atoms with van der Waals surface area (Å²) in [4.78, 5) is 36.0. The predicted molar refractivity (Wildman–Crippen MR) is 121 cm³/mol. The highest BCUT2D eigenvalue weighted by atomic mass is 32.1. The Morgan fingerprint density at radius 2 is 1.88 bits per heavy atom. The van der Waals surface area contributed by atoms with E-state index in [1.165, 1.54) is 17.7 Å². The molecule has 1 N–H and O–H groups in total. The zero-order chi connectivity index (χ0) is 22.7. The van der Waals surface area contributed by atoms with Crippen molar-refractivity contribution in [1.29, 1.82) is 0 Å². The van der Waals surface area contributed by atoms with Crippen LogP contribution < -0.4 is 5.32 Å². The van der Waals surface area contributed by atoms with Gasteiger partial charge in [-0.15, -0.1) is 11.3 Å². The van der Waals surface area contributed by atoms with Crippen LogP contribution in [0.25, 0.3) is 5.69 Å². The molecule has 1 aliphatic heterocycles. The van der Waals surface area contributed by atoms with E-state index in [2.05, 4.69) is 20.4 Å². The third-order valence-electron chi connectivity index (χ3n) is 5.11. The molecule has 1 aromatic carbocycles. The second kappa shape index (κ2) is 9.07. The Hall–Kier alpha value is -3.27. The number of nitrogens with zero attached hydrogens (tertiary/aromatic N) is 5. The summed E-state index contributed by atoms with van der Waals surface area (Å²) in [6.45, 7) is 6.91. The summed E-state index contributed by atoms with van der Waals surface area (Å²) >= 11 is 1.48. The Morgan fingerprint density at radius 3 is 2.50 bits per heavy atom. The molecule has 3 heterocycles. The summed E-state index contributed by atoms with van der Waals surface area (Å²) in [6, 6.07) is 7.12. The lowest BCUT2D eigenvalue weighted by Gasteiger charge is -2.33. The first kappa shape index (κ1) is 21.9. The minimum Gasteiger partial charge on any atom is -0.444 e. The number of anilines is 1. The van der Waals surface area contributed by atoms with Gasteiger partial charge in [0.25, 0.3) is 5.91 Å². The maximum absolute atomic E-state index is 12.6. The second-order valence-electron chi connectivity index (χ2n) is 8.65. The van der Waals surface area contributed by atoms with Crippen LogP contribution in [0.5, 0.6) is 0 Å². The van der Waals surface area contributed by atoms with Gasteiger partial charge in [0.1, 0.15) is 18.3 Å². The zero-order valence-electron chi connectivity index (χ0n) is 18.3. The van der Waals surface area contributed by atoms with Crippen molar-refractivity contribution in [2.45, 2.75) is 45.1 Å². The van der Waals surface area contributed by atoms with Crippen molar-refractivity contribution in [3.05, 3.63) is 53.6 Å². The van der Waals surface area contributed by atoms with E-state index in [0.29, 0.717) is 29.7 Å². The van der Waals surface area contributed by atoms with Gasteiger partial charge in [-0.05, 0) is 63.8 Å². The number of benzene rings is 1. The van der Waals surface area contributed by atoms with Crippen LogP contribution in [0.4, 0.5) is 9.93 Å². The van der Waals surface area contributed by atoms with Crippen molar-refractivity contribution in [3.8, 4) is 5.69 Å². The van der Waals surface area contributed by atoms with E-state index in [1.807, 2.05) is 39.1 Å². The molecule has 9 nitrogen and oxygen atoms in total. The van der Waals surface area contributed by atoms with Gasteiger partial charge in [-0.25, -0.2) is 19.4 Å². The van der Waals surface area contributed by atoms with Crippen molar-refractivity contribution in [2.75, 3.05) is 18.4 Å². The fourth-order valence-corrected chi connectivity index (χ4v) is 4.46. The molecule has 2 amide bonds. The number of carbonyl (C=O) groups is 2. The summed E-state index contributed by atoms with van der Waals surface area (Å²) in [6.07, 6.45) is 6.31. The van der Waals surface area contributed by atoms with Gasteiger partial charge in [0.2, 0.25) is 0 Å². The van der Waals surface area contributed by atoms with Crippen LogP contribution in [-0.4, -0.2) is 55.3 Å². The molecular formula is C22H26N6O3S. The molecule has 32 heavy (non-hydrogen) atoms. The summed E-state index contributed by atoms with van der Waals surface area (Å²) in [5.74, 6) is 0.106. The number of aromatic nitrogens is 4. The first-order valence-electron chi connectivity index (χ1n) is 10.5. The monoisotopic (exact) mass is 454 g/mol. The normalized spacial score (nSPS) is 14.9. The first-order chi connectivity index (χ1) is 15.3. The molecule has 1 aliphatic rings. The summed E-state index contributed by atoms with van der Waals surface area (Å²) in [7, 11) is 0. The number of thiazole rings is 1. The molecule has 0 aliphatic carbocycles. The zero-order valence-corrected chi connectivity index (χ0v) is 19.1. The lowest BCUT2D eigenvalue weighted by molar-refractivity contribution is 0.0205. The Morgan fingerprint density at radius 1 is 1.16 bits per heavy atom. The smallest absolute Gasteiger partial charge is 0.410 e. The largest absolute Gasteiger partial charge is 0.444 e. The van der Waals surface area contributed by atoms with E-state index >= 15 is 0 Å². The number of hydrogen-bond donors (Lipinski definition) is 1. The van der Waals surface area contributed by atoms with Gasteiger partial charge < -0.3 is 9.64 Å². The van der Waals surface area contributed by atoms with Gasteiger partial charge in [-0.1, -0.05) is 0 Å². The molecule has 0 atom stereocenters. The van der Waals surface area contributed by atoms with Crippen molar-refractivity contribution in [3.63, 3.8) is 0 Å². The SMILES string of the molecule is CC(C)(C)OC(=O)N1CCC(c2cnc(NC(=O)c3ccc(-n4cncn4)cc3)s2)CC1. The Kier molecular flexibility index (Phi) is 6.22. The lowest BCUT2D eigenvalue weighted by Crippen LogP contribution is -2.41. The molecule has 1 saturated heterocycles. The number of carbonyl (C=O) groups excluding carboxylic acids is 2. The molecule has 0 saturated carbocycles. The molecule has 0 radical (unpaired) electrons. The maximum Gasteiger partial charge on any atom is 0.410 e. The highest BCUT2D eigenvalue weighted by molar-refractivity contribution is 7.15. The quantitative estimate of drug-likeness (QED) is 0.637. The van der Waals surface area contributed by atoms with E-state index in [9.17, 15) is 9.59 Å². The van der Waals surface area contributed by atoms with Crippen LogP contribution in [-0.2, 0) is 4.74 Å². The number of piperidine rings is 1. The van der Waals surface area contributed by atoms with E-state index in [1.54, 1.807) is 28.0 Å². The lowest BCUT2D eigenvalue weighted by atomic mass is 9.96. The highest BCUT2D eigenvalue weighted by Crippen LogP contribution is 2.34.